The van der Waals surface area contributed by atoms with E-state index < -0.39 is 17.9 Å². The van der Waals surface area contributed by atoms with E-state index in [2.05, 4.69) is 4.74 Å². The molecule has 1 aromatic rings. The van der Waals surface area contributed by atoms with Crippen molar-refractivity contribution in [1.82, 2.24) is 0 Å². The number of carbonyl (C=O) groups is 3. The average Bonchev–Trinajstić information content (AvgIpc) is 2.39. The number of hydrogen-bond donors (Lipinski definition) is 0. The maximum absolute atomic E-state index is 11.6. The molecule has 0 N–H and O–H groups in total. The van der Waals surface area contributed by atoms with Crippen LogP contribution in [-0.4, -0.2) is 31.6 Å². The van der Waals surface area contributed by atoms with Crippen molar-refractivity contribution in [2.24, 2.45) is 0 Å². The van der Waals surface area contributed by atoms with Crippen LogP contribution in [0.1, 0.15) is 31.1 Å². The summed E-state index contributed by atoms with van der Waals surface area (Å²) in [7, 11) is 1.20. The lowest BCUT2D eigenvalue weighted by Gasteiger charge is -2.15. The van der Waals surface area contributed by atoms with Crippen molar-refractivity contribution in [2.75, 3.05) is 13.7 Å². The lowest BCUT2D eigenvalue weighted by atomic mass is 10.2. The van der Waals surface area contributed by atoms with Crippen molar-refractivity contribution < 1.29 is 33.3 Å². The maximum Gasteiger partial charge on any atom is 0.338 e. The fraction of sp³-hybridized carbons (Fsp3) is 0.357. The highest BCUT2D eigenvalue weighted by Crippen LogP contribution is 2.39. The summed E-state index contributed by atoms with van der Waals surface area (Å²) >= 11 is 0. The minimum absolute atomic E-state index is 0.0245. The Kier molecular flexibility index (Phi) is 5.71. The molecule has 0 aromatic heterocycles. The van der Waals surface area contributed by atoms with Gasteiger partial charge in [0.2, 0.25) is 5.75 Å². The molecule has 0 bridgehead atoms. The van der Waals surface area contributed by atoms with Crippen molar-refractivity contribution >= 4 is 17.9 Å². The molecule has 7 nitrogen and oxygen atoms in total. The molecule has 0 spiro atoms. The summed E-state index contributed by atoms with van der Waals surface area (Å²) in [5.74, 6) is -1.86. The number of benzene rings is 1. The topological polar surface area (TPSA) is 88.1 Å². The molecule has 21 heavy (non-hydrogen) atoms. The highest BCUT2D eigenvalue weighted by Gasteiger charge is 2.21. The summed E-state index contributed by atoms with van der Waals surface area (Å²) in [6.45, 7) is 4.36. The van der Waals surface area contributed by atoms with Crippen LogP contribution in [-0.2, 0) is 14.3 Å². The second kappa shape index (κ2) is 7.28. The van der Waals surface area contributed by atoms with Gasteiger partial charge in [-0.15, -0.1) is 0 Å². The average molecular weight is 296 g/mol. The van der Waals surface area contributed by atoms with Gasteiger partial charge in [-0.05, 0) is 19.1 Å². The smallest absolute Gasteiger partial charge is 0.338 e. The predicted octanol–water partition coefficient (Wildman–Crippen LogP) is 1.72. The Hall–Kier alpha value is -2.57. The number of carbonyl (C=O) groups excluding carboxylic acids is 3. The molecule has 0 unspecified atom stereocenters. The summed E-state index contributed by atoms with van der Waals surface area (Å²) in [6, 6.07) is 2.57. The van der Waals surface area contributed by atoms with E-state index in [4.69, 9.17) is 14.2 Å². The first-order valence-corrected chi connectivity index (χ1v) is 6.15. The Bertz CT molecular complexity index is 525. The maximum atomic E-state index is 11.6. The zero-order valence-electron chi connectivity index (χ0n) is 12.2. The van der Waals surface area contributed by atoms with Crippen LogP contribution in [0.15, 0.2) is 12.1 Å². The normalized spacial score (nSPS) is 9.71. The minimum atomic E-state index is -0.667. The van der Waals surface area contributed by atoms with Crippen molar-refractivity contribution in [3.05, 3.63) is 17.7 Å². The van der Waals surface area contributed by atoms with Crippen molar-refractivity contribution in [3.63, 3.8) is 0 Å². The van der Waals surface area contributed by atoms with Gasteiger partial charge in [0, 0.05) is 13.8 Å². The van der Waals surface area contributed by atoms with Crippen LogP contribution in [0.5, 0.6) is 17.2 Å². The van der Waals surface area contributed by atoms with Crippen LogP contribution < -0.4 is 14.2 Å². The standard InChI is InChI=1S/C14H16O7/c1-5-19-13-11(20-8(2)15)6-10(14(17)18-4)7-12(13)21-9(3)16/h6-7H,5H2,1-4H3. The van der Waals surface area contributed by atoms with E-state index in [0.29, 0.717) is 0 Å². The van der Waals surface area contributed by atoms with Gasteiger partial charge in [0.05, 0.1) is 19.3 Å². The molecule has 0 atom stereocenters. The number of hydrogen-bond acceptors (Lipinski definition) is 7. The molecule has 0 fully saturated rings. The molecule has 1 rings (SSSR count). The molecule has 1 aromatic carbocycles. The summed E-state index contributed by atoms with van der Waals surface area (Å²) < 4.78 is 19.9. The minimum Gasteiger partial charge on any atom is -0.487 e. The Morgan fingerprint density at radius 2 is 1.48 bits per heavy atom. The molecule has 0 aliphatic rings. The summed E-state index contributed by atoms with van der Waals surface area (Å²) in [5, 5.41) is 0. The van der Waals surface area contributed by atoms with Crippen molar-refractivity contribution in [2.45, 2.75) is 20.8 Å². The molecule has 0 saturated heterocycles. The first-order chi connectivity index (χ1) is 9.88. The Balaban J connectivity index is 3.43. The zero-order chi connectivity index (χ0) is 16.0. The second-order valence-corrected chi connectivity index (χ2v) is 3.91. The highest BCUT2D eigenvalue weighted by molar-refractivity contribution is 5.91. The summed E-state index contributed by atoms with van der Waals surface area (Å²) in [4.78, 5) is 33.9. The fourth-order valence-corrected chi connectivity index (χ4v) is 1.56. The molecule has 114 valence electrons. The van der Waals surface area contributed by atoms with E-state index >= 15 is 0 Å². The molecular weight excluding hydrogens is 280 g/mol. The third kappa shape index (κ3) is 4.48. The van der Waals surface area contributed by atoms with E-state index in [1.807, 2.05) is 0 Å². The third-order valence-electron chi connectivity index (χ3n) is 2.24. The first kappa shape index (κ1) is 16.5. The molecule has 7 heteroatoms. The Morgan fingerprint density at radius 1 is 1.00 bits per heavy atom. The van der Waals surface area contributed by atoms with Crippen molar-refractivity contribution in [1.29, 1.82) is 0 Å². The van der Waals surface area contributed by atoms with Crippen LogP contribution >= 0.6 is 0 Å². The molecule has 0 saturated carbocycles. The van der Waals surface area contributed by atoms with E-state index in [1.54, 1.807) is 6.92 Å². The van der Waals surface area contributed by atoms with Gasteiger partial charge in [0.1, 0.15) is 0 Å². The quantitative estimate of drug-likeness (QED) is 0.603. The Labute approximate surface area is 121 Å². The van der Waals surface area contributed by atoms with Gasteiger partial charge >= 0.3 is 17.9 Å². The van der Waals surface area contributed by atoms with Gasteiger partial charge in [-0.3, -0.25) is 9.59 Å². The number of methoxy groups -OCH3 is 1. The van der Waals surface area contributed by atoms with Crippen LogP contribution in [0.4, 0.5) is 0 Å². The summed E-state index contributed by atoms with van der Waals surface area (Å²) in [6.07, 6.45) is 0. The van der Waals surface area contributed by atoms with Crippen molar-refractivity contribution in [3.8, 4) is 17.2 Å². The number of esters is 3. The first-order valence-electron chi connectivity index (χ1n) is 6.15. The van der Waals surface area contributed by atoms with Gasteiger partial charge in [0.25, 0.3) is 0 Å². The largest absolute Gasteiger partial charge is 0.487 e. The molecule has 0 radical (unpaired) electrons. The lowest BCUT2D eigenvalue weighted by molar-refractivity contribution is -0.132. The third-order valence-corrected chi connectivity index (χ3v) is 2.24. The predicted molar refractivity (Wildman–Crippen MR) is 71.6 cm³/mol. The number of rotatable bonds is 5. The Morgan fingerprint density at radius 3 is 1.81 bits per heavy atom. The second-order valence-electron chi connectivity index (χ2n) is 3.91. The molecule has 0 aliphatic carbocycles. The summed E-state index contributed by atoms with van der Waals surface area (Å²) in [5.41, 5.74) is 0.0634. The van der Waals surface area contributed by atoms with Crippen LogP contribution in [0, 0.1) is 0 Å². The van der Waals surface area contributed by atoms with Crippen LogP contribution in [0.2, 0.25) is 0 Å². The fourth-order valence-electron chi connectivity index (χ4n) is 1.56. The van der Waals surface area contributed by atoms with Crippen LogP contribution in [0.3, 0.4) is 0 Å². The molecular formula is C14H16O7. The van der Waals surface area contributed by atoms with E-state index in [-0.39, 0.29) is 29.4 Å². The van der Waals surface area contributed by atoms with E-state index in [9.17, 15) is 14.4 Å². The number of ether oxygens (including phenoxy) is 4. The molecule has 0 heterocycles. The van der Waals surface area contributed by atoms with Gasteiger partial charge < -0.3 is 18.9 Å². The highest BCUT2D eigenvalue weighted by atomic mass is 16.6. The van der Waals surface area contributed by atoms with E-state index in [1.165, 1.54) is 33.1 Å². The van der Waals surface area contributed by atoms with Gasteiger partial charge in [-0.1, -0.05) is 0 Å². The molecule has 0 amide bonds. The zero-order valence-corrected chi connectivity index (χ0v) is 12.2. The van der Waals surface area contributed by atoms with Gasteiger partial charge in [-0.2, -0.15) is 0 Å². The monoisotopic (exact) mass is 296 g/mol. The molecule has 0 aliphatic heterocycles. The van der Waals surface area contributed by atoms with Gasteiger partial charge in [-0.25, -0.2) is 4.79 Å². The van der Waals surface area contributed by atoms with Crippen LogP contribution in [0.25, 0.3) is 0 Å². The van der Waals surface area contributed by atoms with E-state index in [0.717, 1.165) is 0 Å². The SMILES string of the molecule is CCOc1c(OC(C)=O)cc(C(=O)OC)cc1OC(C)=O. The lowest BCUT2D eigenvalue weighted by Crippen LogP contribution is -2.10. The van der Waals surface area contributed by atoms with Gasteiger partial charge in [0.15, 0.2) is 11.5 Å².